The van der Waals surface area contributed by atoms with E-state index in [2.05, 4.69) is 20.8 Å². The highest BCUT2D eigenvalue weighted by atomic mass is 16.5. The molecule has 6 nitrogen and oxygen atoms in total. The predicted octanol–water partition coefficient (Wildman–Crippen LogP) is 7.53. The molecule has 1 amide bonds. The van der Waals surface area contributed by atoms with E-state index in [0.717, 1.165) is 11.1 Å². The number of Topliss-reactive ketones (excluding diaryl/α,β-unsaturated/α-hetero) is 1. The number of aliphatic hydroxyl groups is 1. The minimum Gasteiger partial charge on any atom is -0.507 e. The van der Waals surface area contributed by atoms with Gasteiger partial charge in [0.1, 0.15) is 17.3 Å². The number of hydrogen-bond acceptors (Lipinski definition) is 5. The maximum atomic E-state index is 13.6. The van der Waals surface area contributed by atoms with E-state index in [4.69, 9.17) is 9.47 Å². The first-order valence-corrected chi connectivity index (χ1v) is 13.7. The minimum absolute atomic E-state index is 0.00282. The van der Waals surface area contributed by atoms with Gasteiger partial charge in [0.15, 0.2) is 0 Å². The van der Waals surface area contributed by atoms with E-state index in [1.807, 2.05) is 82.3 Å². The first-order chi connectivity index (χ1) is 18.8. The molecule has 1 heterocycles. The summed E-state index contributed by atoms with van der Waals surface area (Å²) in [5, 5.41) is 11.6. The normalized spacial score (nSPS) is 17.1. The summed E-state index contributed by atoms with van der Waals surface area (Å²) in [5.41, 5.74) is 3.71. The van der Waals surface area contributed by atoms with Crippen LogP contribution in [-0.2, 0) is 15.0 Å². The molecule has 3 aromatic rings. The molecule has 1 saturated heterocycles. The van der Waals surface area contributed by atoms with Crippen molar-refractivity contribution in [2.24, 2.45) is 0 Å². The molecule has 1 unspecified atom stereocenters. The topological polar surface area (TPSA) is 76.1 Å². The zero-order chi connectivity index (χ0) is 29.4. The molecule has 0 spiro atoms. The predicted molar refractivity (Wildman–Crippen MR) is 159 cm³/mol. The standard InChI is InChI=1S/C34H39NO5/c1-20(2)27-19-23(11-18-28(27)39-8)31(36)29-30(22-9-16-26(17-10-22)40-21(3)4)35(33(38)32(29)37)25-14-12-24(13-15-25)34(5,6)7/h9-21,30,36H,1-8H3/b31-29-. The lowest BCUT2D eigenvalue weighted by Crippen LogP contribution is -2.29. The van der Waals surface area contributed by atoms with Crippen LogP contribution in [0.1, 0.15) is 82.7 Å². The van der Waals surface area contributed by atoms with E-state index in [-0.39, 0.29) is 28.8 Å². The molecule has 40 heavy (non-hydrogen) atoms. The van der Waals surface area contributed by atoms with Crippen molar-refractivity contribution in [3.8, 4) is 11.5 Å². The van der Waals surface area contributed by atoms with Crippen LogP contribution in [0.2, 0.25) is 0 Å². The highest BCUT2D eigenvalue weighted by Gasteiger charge is 2.47. The van der Waals surface area contributed by atoms with Crippen molar-refractivity contribution in [2.75, 3.05) is 12.0 Å². The fraction of sp³-hybridized carbons (Fsp3) is 0.353. The first-order valence-electron chi connectivity index (χ1n) is 13.7. The molecule has 1 aliphatic rings. The summed E-state index contributed by atoms with van der Waals surface area (Å²) in [4.78, 5) is 28.7. The number of benzene rings is 3. The van der Waals surface area contributed by atoms with Gasteiger partial charge < -0.3 is 14.6 Å². The number of amides is 1. The Morgan fingerprint density at radius 3 is 2.05 bits per heavy atom. The smallest absolute Gasteiger partial charge is 0.300 e. The third-order valence-electron chi connectivity index (χ3n) is 7.15. The molecule has 0 aliphatic carbocycles. The van der Waals surface area contributed by atoms with E-state index in [0.29, 0.717) is 28.3 Å². The summed E-state index contributed by atoms with van der Waals surface area (Å²) < 4.78 is 11.3. The van der Waals surface area contributed by atoms with Crippen molar-refractivity contribution < 1.29 is 24.2 Å². The van der Waals surface area contributed by atoms with E-state index in [1.165, 1.54) is 4.90 Å². The summed E-state index contributed by atoms with van der Waals surface area (Å²) in [6.07, 6.45) is 0.00282. The second-order valence-corrected chi connectivity index (χ2v) is 11.8. The Hall–Kier alpha value is -4.06. The lowest BCUT2D eigenvalue weighted by Gasteiger charge is -2.27. The molecule has 0 bridgehead atoms. The number of ketones is 1. The highest BCUT2D eigenvalue weighted by molar-refractivity contribution is 6.51. The number of carbonyl (C=O) groups excluding carboxylic acids is 2. The molecule has 6 heteroatoms. The minimum atomic E-state index is -0.821. The van der Waals surface area contributed by atoms with Crippen molar-refractivity contribution in [3.05, 3.63) is 94.6 Å². The monoisotopic (exact) mass is 541 g/mol. The van der Waals surface area contributed by atoms with Crippen LogP contribution in [0.3, 0.4) is 0 Å². The Morgan fingerprint density at radius 2 is 1.52 bits per heavy atom. The lowest BCUT2D eigenvalue weighted by molar-refractivity contribution is -0.132. The van der Waals surface area contributed by atoms with Gasteiger partial charge >= 0.3 is 0 Å². The number of hydrogen-bond donors (Lipinski definition) is 1. The average Bonchev–Trinajstić information content (AvgIpc) is 3.17. The van der Waals surface area contributed by atoms with Gasteiger partial charge in [0.25, 0.3) is 11.7 Å². The molecule has 1 N–H and O–H groups in total. The second kappa shape index (κ2) is 11.2. The van der Waals surface area contributed by atoms with Gasteiger partial charge in [-0.2, -0.15) is 0 Å². The zero-order valence-corrected chi connectivity index (χ0v) is 24.6. The van der Waals surface area contributed by atoms with Gasteiger partial charge in [0.2, 0.25) is 0 Å². The molecule has 0 aromatic heterocycles. The van der Waals surface area contributed by atoms with Crippen molar-refractivity contribution in [1.82, 2.24) is 0 Å². The van der Waals surface area contributed by atoms with Gasteiger partial charge in [-0.3, -0.25) is 14.5 Å². The van der Waals surface area contributed by atoms with E-state index < -0.39 is 17.7 Å². The van der Waals surface area contributed by atoms with Crippen molar-refractivity contribution in [3.63, 3.8) is 0 Å². The quantitative estimate of drug-likeness (QED) is 0.190. The number of aliphatic hydroxyl groups excluding tert-OH is 1. The van der Waals surface area contributed by atoms with E-state index in [9.17, 15) is 14.7 Å². The van der Waals surface area contributed by atoms with Gasteiger partial charge in [0.05, 0.1) is 24.8 Å². The Labute approximate surface area is 237 Å². The SMILES string of the molecule is COc1ccc(/C(O)=C2/C(=O)C(=O)N(c3ccc(C(C)(C)C)cc3)C2c2ccc(OC(C)C)cc2)cc1C(C)C. The summed E-state index contributed by atoms with van der Waals surface area (Å²) in [6.45, 7) is 14.3. The van der Waals surface area contributed by atoms with Crippen molar-refractivity contribution >= 4 is 23.1 Å². The largest absolute Gasteiger partial charge is 0.507 e. The van der Waals surface area contributed by atoms with Gasteiger partial charge in [0, 0.05) is 11.3 Å². The molecule has 1 aliphatic heterocycles. The maximum Gasteiger partial charge on any atom is 0.300 e. The first kappa shape index (κ1) is 28.9. The fourth-order valence-corrected chi connectivity index (χ4v) is 5.03. The molecular weight excluding hydrogens is 502 g/mol. The highest BCUT2D eigenvalue weighted by Crippen LogP contribution is 2.43. The lowest BCUT2D eigenvalue weighted by atomic mass is 9.87. The average molecular weight is 542 g/mol. The summed E-state index contributed by atoms with van der Waals surface area (Å²) in [7, 11) is 1.60. The second-order valence-electron chi connectivity index (χ2n) is 11.8. The van der Waals surface area contributed by atoms with E-state index >= 15 is 0 Å². The van der Waals surface area contributed by atoms with E-state index in [1.54, 1.807) is 19.2 Å². The summed E-state index contributed by atoms with van der Waals surface area (Å²) in [5.74, 6) is -0.132. The van der Waals surface area contributed by atoms with Crippen LogP contribution in [0.4, 0.5) is 5.69 Å². The maximum absolute atomic E-state index is 13.6. The summed E-state index contributed by atoms with van der Waals surface area (Å²) >= 11 is 0. The van der Waals surface area contributed by atoms with Gasteiger partial charge in [-0.15, -0.1) is 0 Å². The Bertz CT molecular complexity index is 1430. The van der Waals surface area contributed by atoms with Gasteiger partial charge in [-0.25, -0.2) is 0 Å². The Kier molecular flexibility index (Phi) is 8.10. The summed E-state index contributed by atoms with van der Waals surface area (Å²) in [6, 6.07) is 19.5. The molecule has 4 rings (SSSR count). The zero-order valence-electron chi connectivity index (χ0n) is 24.6. The van der Waals surface area contributed by atoms with Gasteiger partial charge in [-0.05, 0) is 84.3 Å². The number of nitrogens with zero attached hydrogens (tertiary/aromatic N) is 1. The molecule has 1 fully saturated rings. The number of rotatable bonds is 7. The molecule has 0 radical (unpaired) electrons. The number of anilines is 1. The molecule has 210 valence electrons. The van der Waals surface area contributed by atoms with Gasteiger partial charge in [-0.1, -0.05) is 58.9 Å². The third-order valence-corrected chi connectivity index (χ3v) is 7.15. The van der Waals surface area contributed by atoms with Crippen molar-refractivity contribution in [2.45, 2.75) is 71.9 Å². The van der Waals surface area contributed by atoms with Crippen molar-refractivity contribution in [1.29, 1.82) is 0 Å². The Balaban J connectivity index is 1.90. The van der Waals surface area contributed by atoms with Crippen LogP contribution in [0.25, 0.3) is 5.76 Å². The molecule has 0 saturated carbocycles. The fourth-order valence-electron chi connectivity index (χ4n) is 5.03. The molecule has 3 aromatic carbocycles. The third kappa shape index (κ3) is 5.62. The molecule has 1 atom stereocenters. The number of carbonyl (C=O) groups is 2. The van der Waals surface area contributed by atoms with Crippen LogP contribution in [0, 0.1) is 0 Å². The molecular formula is C34H39NO5. The number of ether oxygens (including phenoxy) is 2. The van der Waals surface area contributed by atoms with Crippen LogP contribution in [0.5, 0.6) is 11.5 Å². The van der Waals surface area contributed by atoms with Crippen LogP contribution in [0.15, 0.2) is 72.3 Å². The number of methoxy groups -OCH3 is 1. The van der Waals surface area contributed by atoms with Crippen LogP contribution in [-0.4, -0.2) is 30.0 Å². The van der Waals surface area contributed by atoms with Crippen LogP contribution < -0.4 is 14.4 Å². The van der Waals surface area contributed by atoms with Crippen LogP contribution >= 0.6 is 0 Å². The Morgan fingerprint density at radius 1 is 0.900 bits per heavy atom.